The lowest BCUT2D eigenvalue weighted by Gasteiger charge is -2.48. The van der Waals surface area contributed by atoms with Gasteiger partial charge in [-0.25, -0.2) is 4.68 Å². The van der Waals surface area contributed by atoms with Gasteiger partial charge in [0, 0.05) is 29.8 Å². The number of aryl methyl sites for hydroxylation is 1. The molecule has 1 aromatic heterocycles. The maximum absolute atomic E-state index is 9.43. The van der Waals surface area contributed by atoms with Crippen molar-refractivity contribution in [3.8, 4) is 11.3 Å². The maximum Gasteiger partial charge on any atom is 0.178 e. The van der Waals surface area contributed by atoms with E-state index in [1.807, 2.05) is 20.0 Å². The second-order valence-electron chi connectivity index (χ2n) is 8.77. The van der Waals surface area contributed by atoms with Crippen LogP contribution in [0.25, 0.3) is 11.3 Å². The SMILES string of the molecule is Cc1cc(N2CC(C)(CO)C2)ccc1-c1cn(CC2OCC(C)(C)O2)nn1. The molecule has 0 amide bonds. The molecule has 27 heavy (non-hydrogen) atoms. The summed E-state index contributed by atoms with van der Waals surface area (Å²) in [6.07, 6.45) is 1.65. The molecule has 0 bridgehead atoms. The molecule has 0 radical (unpaired) electrons. The summed E-state index contributed by atoms with van der Waals surface area (Å²) in [5, 5.41) is 18.0. The second-order valence-corrected chi connectivity index (χ2v) is 8.77. The standard InChI is InChI=1S/C20H28N4O3/c1-14-7-15(23-10-20(4,11-23)12-25)5-6-16(14)17-8-24(22-21-17)9-18-26-13-19(2,3)27-18/h5-8,18,25H,9-13H2,1-4H3. The lowest BCUT2D eigenvalue weighted by molar-refractivity contribution is -0.0887. The highest BCUT2D eigenvalue weighted by Gasteiger charge is 2.38. The monoisotopic (exact) mass is 372 g/mol. The molecular weight excluding hydrogens is 344 g/mol. The van der Waals surface area contributed by atoms with E-state index in [1.165, 1.54) is 5.69 Å². The summed E-state index contributed by atoms with van der Waals surface area (Å²) in [5.74, 6) is 0. The molecule has 2 aliphatic rings. The second kappa shape index (κ2) is 6.58. The van der Waals surface area contributed by atoms with E-state index in [9.17, 15) is 5.11 Å². The first-order valence-corrected chi connectivity index (χ1v) is 9.43. The van der Waals surface area contributed by atoms with Gasteiger partial charge in [0.05, 0.1) is 31.6 Å². The predicted octanol–water partition coefficient (Wildman–Crippen LogP) is 2.22. The number of ether oxygens (including phenoxy) is 2. The Kier molecular flexibility index (Phi) is 4.49. The normalized spacial score (nSPS) is 23.4. The van der Waals surface area contributed by atoms with Crippen LogP contribution in [0.1, 0.15) is 26.3 Å². The molecule has 0 spiro atoms. The summed E-state index contributed by atoms with van der Waals surface area (Å²) in [6.45, 7) is 11.4. The molecule has 7 heteroatoms. The number of aromatic nitrogens is 3. The van der Waals surface area contributed by atoms with E-state index >= 15 is 0 Å². The molecule has 1 atom stereocenters. The van der Waals surface area contributed by atoms with Crippen LogP contribution in [0.15, 0.2) is 24.4 Å². The molecule has 146 valence electrons. The predicted molar refractivity (Wildman–Crippen MR) is 103 cm³/mol. The van der Waals surface area contributed by atoms with Gasteiger partial charge in [-0.1, -0.05) is 18.2 Å². The Morgan fingerprint density at radius 1 is 1.26 bits per heavy atom. The van der Waals surface area contributed by atoms with Gasteiger partial charge in [0.15, 0.2) is 6.29 Å². The number of benzene rings is 1. The van der Waals surface area contributed by atoms with Gasteiger partial charge >= 0.3 is 0 Å². The highest BCUT2D eigenvalue weighted by molar-refractivity contribution is 5.67. The third-order valence-electron chi connectivity index (χ3n) is 5.32. The molecular formula is C20H28N4O3. The lowest BCUT2D eigenvalue weighted by Crippen LogP contribution is -2.56. The average Bonchev–Trinajstić information content (AvgIpc) is 3.18. The maximum atomic E-state index is 9.43. The first-order valence-electron chi connectivity index (χ1n) is 9.43. The Hall–Kier alpha value is -1.96. The largest absolute Gasteiger partial charge is 0.396 e. The average molecular weight is 372 g/mol. The quantitative estimate of drug-likeness (QED) is 0.868. The molecule has 0 saturated carbocycles. The molecule has 1 N–H and O–H groups in total. The summed E-state index contributed by atoms with van der Waals surface area (Å²) in [6, 6.07) is 6.39. The molecule has 2 saturated heterocycles. The van der Waals surface area contributed by atoms with E-state index < -0.39 is 0 Å². The lowest BCUT2D eigenvalue weighted by atomic mass is 9.82. The number of hydrogen-bond donors (Lipinski definition) is 1. The zero-order valence-corrected chi connectivity index (χ0v) is 16.5. The van der Waals surface area contributed by atoms with Crippen molar-refractivity contribution in [3.05, 3.63) is 30.0 Å². The van der Waals surface area contributed by atoms with E-state index in [2.05, 4.69) is 47.3 Å². The van der Waals surface area contributed by atoms with Crippen molar-refractivity contribution in [2.45, 2.75) is 46.1 Å². The van der Waals surface area contributed by atoms with Gasteiger partial charge in [-0.05, 0) is 38.5 Å². The number of aliphatic hydroxyl groups excluding tert-OH is 1. The van der Waals surface area contributed by atoms with Gasteiger partial charge in [-0.3, -0.25) is 0 Å². The van der Waals surface area contributed by atoms with Crippen LogP contribution in [0.3, 0.4) is 0 Å². The minimum atomic E-state index is -0.287. The fraction of sp³-hybridized carbons (Fsp3) is 0.600. The van der Waals surface area contributed by atoms with Gasteiger partial charge in [-0.2, -0.15) is 0 Å². The zero-order valence-electron chi connectivity index (χ0n) is 16.5. The van der Waals surface area contributed by atoms with Crippen molar-refractivity contribution < 1.29 is 14.6 Å². The number of aliphatic hydroxyl groups is 1. The van der Waals surface area contributed by atoms with E-state index in [4.69, 9.17) is 9.47 Å². The molecule has 2 aromatic rings. The molecule has 2 aliphatic heterocycles. The molecule has 1 unspecified atom stereocenters. The van der Waals surface area contributed by atoms with Crippen molar-refractivity contribution in [3.63, 3.8) is 0 Å². The van der Waals surface area contributed by atoms with Crippen LogP contribution in [0, 0.1) is 12.3 Å². The summed E-state index contributed by atoms with van der Waals surface area (Å²) >= 11 is 0. The summed E-state index contributed by atoms with van der Waals surface area (Å²) in [4.78, 5) is 2.29. The highest BCUT2D eigenvalue weighted by Crippen LogP contribution is 2.35. The molecule has 2 fully saturated rings. The van der Waals surface area contributed by atoms with Crippen LogP contribution in [-0.2, 0) is 16.0 Å². The number of nitrogens with zero attached hydrogens (tertiary/aromatic N) is 4. The van der Waals surface area contributed by atoms with Crippen molar-refractivity contribution >= 4 is 5.69 Å². The fourth-order valence-corrected chi connectivity index (χ4v) is 3.76. The minimum Gasteiger partial charge on any atom is -0.396 e. The number of anilines is 1. The minimum absolute atomic E-state index is 0.0220. The van der Waals surface area contributed by atoms with Gasteiger partial charge in [0.2, 0.25) is 0 Å². The van der Waals surface area contributed by atoms with E-state index in [1.54, 1.807) is 4.68 Å². The highest BCUT2D eigenvalue weighted by atomic mass is 16.7. The Morgan fingerprint density at radius 2 is 2.04 bits per heavy atom. The fourth-order valence-electron chi connectivity index (χ4n) is 3.76. The van der Waals surface area contributed by atoms with Crippen molar-refractivity contribution in [1.29, 1.82) is 0 Å². The summed E-state index contributed by atoms with van der Waals surface area (Å²) in [7, 11) is 0. The van der Waals surface area contributed by atoms with Gasteiger partial charge in [-0.15, -0.1) is 5.10 Å². The zero-order chi connectivity index (χ0) is 19.2. The Balaban J connectivity index is 1.44. The molecule has 4 rings (SSSR count). The number of rotatable bonds is 5. The van der Waals surface area contributed by atoms with Gasteiger partial charge < -0.3 is 19.5 Å². The Morgan fingerprint density at radius 3 is 2.67 bits per heavy atom. The van der Waals surface area contributed by atoms with E-state index in [0.717, 1.165) is 29.9 Å². The number of hydrogen-bond acceptors (Lipinski definition) is 6. The van der Waals surface area contributed by atoms with Crippen molar-refractivity contribution in [1.82, 2.24) is 15.0 Å². The smallest absolute Gasteiger partial charge is 0.178 e. The Bertz CT molecular complexity index is 826. The van der Waals surface area contributed by atoms with E-state index in [0.29, 0.717) is 13.2 Å². The van der Waals surface area contributed by atoms with Crippen LogP contribution >= 0.6 is 0 Å². The summed E-state index contributed by atoms with van der Waals surface area (Å²) in [5.41, 5.74) is 4.04. The van der Waals surface area contributed by atoms with Gasteiger partial charge in [0.25, 0.3) is 0 Å². The third kappa shape index (κ3) is 3.72. The van der Waals surface area contributed by atoms with Crippen molar-refractivity contribution in [2.24, 2.45) is 5.41 Å². The van der Waals surface area contributed by atoms with Crippen LogP contribution in [0.2, 0.25) is 0 Å². The van der Waals surface area contributed by atoms with E-state index in [-0.39, 0.29) is 23.9 Å². The molecule has 3 heterocycles. The molecule has 1 aromatic carbocycles. The first kappa shape index (κ1) is 18.4. The van der Waals surface area contributed by atoms with Gasteiger partial charge in [0.1, 0.15) is 5.69 Å². The molecule has 0 aliphatic carbocycles. The third-order valence-corrected chi connectivity index (χ3v) is 5.32. The summed E-state index contributed by atoms with van der Waals surface area (Å²) < 4.78 is 13.3. The van der Waals surface area contributed by atoms with Crippen molar-refractivity contribution in [2.75, 3.05) is 31.2 Å². The van der Waals surface area contributed by atoms with Crippen LogP contribution < -0.4 is 4.90 Å². The topological polar surface area (TPSA) is 72.6 Å². The first-order chi connectivity index (χ1) is 12.8. The molecule has 7 nitrogen and oxygen atoms in total. The van der Waals surface area contributed by atoms with Crippen LogP contribution in [-0.4, -0.2) is 58.3 Å². The van der Waals surface area contributed by atoms with Crippen LogP contribution in [0.5, 0.6) is 0 Å². The van der Waals surface area contributed by atoms with Crippen LogP contribution in [0.4, 0.5) is 5.69 Å². The Labute approximate surface area is 159 Å².